The molecule has 0 saturated heterocycles. The van der Waals surface area contributed by atoms with Gasteiger partial charge in [-0.05, 0) is 80.1 Å². The second-order valence-electron chi connectivity index (χ2n) is 14.6. The summed E-state index contributed by atoms with van der Waals surface area (Å²) in [5, 5.41) is 8.57. The second kappa shape index (κ2) is 31.7. The van der Waals surface area contributed by atoms with E-state index >= 15 is 0 Å². The average molecular weight is 701 g/mol. The number of carboxylic acids is 1. The van der Waals surface area contributed by atoms with Crippen LogP contribution in [0.2, 0.25) is 0 Å². The lowest BCUT2D eigenvalue weighted by molar-refractivity contribution is -0.138. The predicted octanol–water partition coefficient (Wildman–Crippen LogP) is 9.29. The van der Waals surface area contributed by atoms with Gasteiger partial charge in [0, 0.05) is 51.7 Å². The van der Waals surface area contributed by atoms with Gasteiger partial charge >= 0.3 is 5.97 Å². The zero-order valence-corrected chi connectivity index (χ0v) is 32.3. The molecule has 0 aliphatic rings. The maximum absolute atomic E-state index is 12.5. The molecular formula is C39H72O8S. The fraction of sp³-hybridized carbons (Fsp3) is 0.897. The molecule has 9 heteroatoms. The number of rotatable bonds is 36. The Hall–Kier alpha value is -1.29. The molecule has 8 nitrogen and oxygen atoms in total. The van der Waals surface area contributed by atoms with E-state index in [1.165, 1.54) is 43.6 Å². The third-order valence-electron chi connectivity index (χ3n) is 8.70. The van der Waals surface area contributed by atoms with Gasteiger partial charge in [-0.3, -0.25) is 19.2 Å². The number of ether oxygens (including phenoxy) is 3. The van der Waals surface area contributed by atoms with E-state index in [1.54, 1.807) is 0 Å². The highest BCUT2D eigenvalue weighted by atomic mass is 32.2. The molecular weight excluding hydrogens is 628 g/mol. The summed E-state index contributed by atoms with van der Waals surface area (Å²) in [4.78, 5) is 46.5. The molecule has 282 valence electrons. The Balaban J connectivity index is 3.36. The highest BCUT2D eigenvalue weighted by Crippen LogP contribution is 2.35. The maximum atomic E-state index is 12.5. The standard InChI is InChI=1S/C39H72O8S/c1-33(2)37(39(3,4)5)32-36(42)21-10-7-6-8-16-30-48-31-17-9-11-18-34(40)19-12-14-24-45-26-28-47-29-27-46-25-15-13-20-35(41)22-23-38(43)44/h33,37H,6-32H2,1-5H3,(H,43,44). The zero-order chi connectivity index (χ0) is 35.9. The first kappa shape index (κ1) is 46.7. The lowest BCUT2D eigenvalue weighted by atomic mass is 9.71. The predicted molar refractivity (Wildman–Crippen MR) is 198 cm³/mol. The van der Waals surface area contributed by atoms with Gasteiger partial charge in [0.1, 0.15) is 17.3 Å². The molecule has 0 radical (unpaired) electrons. The number of ketones is 3. The summed E-state index contributed by atoms with van der Waals surface area (Å²) in [5.74, 6) is 3.28. The summed E-state index contributed by atoms with van der Waals surface area (Å²) in [6.07, 6.45) is 15.8. The van der Waals surface area contributed by atoms with Crippen LogP contribution in [0, 0.1) is 17.3 Å². The number of unbranched alkanes of at least 4 members (excludes halogenated alkanes) is 8. The van der Waals surface area contributed by atoms with Crippen LogP contribution in [-0.4, -0.2) is 79.6 Å². The Morgan fingerprint density at radius 2 is 0.917 bits per heavy atom. The van der Waals surface area contributed by atoms with Gasteiger partial charge in [-0.1, -0.05) is 60.3 Å². The fourth-order valence-corrected chi connectivity index (χ4v) is 6.86. The number of carbonyl (C=O) groups excluding carboxylic acids is 3. The number of hydrogen-bond donors (Lipinski definition) is 1. The van der Waals surface area contributed by atoms with E-state index in [1.807, 2.05) is 11.8 Å². The molecule has 0 saturated carbocycles. The van der Waals surface area contributed by atoms with E-state index in [0.717, 1.165) is 51.4 Å². The summed E-state index contributed by atoms with van der Waals surface area (Å²) in [6.45, 7) is 14.5. The molecule has 0 bridgehead atoms. The van der Waals surface area contributed by atoms with Crippen molar-refractivity contribution in [1.29, 1.82) is 0 Å². The van der Waals surface area contributed by atoms with Gasteiger partial charge in [0.05, 0.1) is 32.8 Å². The Kier molecular flexibility index (Phi) is 30.8. The smallest absolute Gasteiger partial charge is 0.303 e. The van der Waals surface area contributed by atoms with Crippen LogP contribution >= 0.6 is 11.8 Å². The SMILES string of the molecule is CC(C)C(CC(=O)CCCCCCCSCCCCCC(=O)CCCCOCCOCCOCCCCC(=O)CCC(=O)O)C(C)(C)C. The van der Waals surface area contributed by atoms with Crippen LogP contribution in [0.25, 0.3) is 0 Å². The van der Waals surface area contributed by atoms with Crippen molar-refractivity contribution in [2.24, 2.45) is 17.3 Å². The van der Waals surface area contributed by atoms with Gasteiger partial charge in [-0.2, -0.15) is 11.8 Å². The van der Waals surface area contributed by atoms with E-state index in [4.69, 9.17) is 19.3 Å². The first-order valence-electron chi connectivity index (χ1n) is 19.0. The summed E-state index contributed by atoms with van der Waals surface area (Å²) >= 11 is 2.04. The minimum absolute atomic E-state index is 0.00838. The van der Waals surface area contributed by atoms with Crippen LogP contribution in [0.5, 0.6) is 0 Å². The third kappa shape index (κ3) is 31.9. The van der Waals surface area contributed by atoms with Crippen LogP contribution in [-0.2, 0) is 33.4 Å². The van der Waals surface area contributed by atoms with Crippen LogP contribution in [0.1, 0.15) is 157 Å². The maximum Gasteiger partial charge on any atom is 0.303 e. The molecule has 0 heterocycles. The normalized spacial score (nSPS) is 12.5. The highest BCUT2D eigenvalue weighted by molar-refractivity contribution is 7.99. The van der Waals surface area contributed by atoms with Crippen molar-refractivity contribution in [3.8, 4) is 0 Å². The average Bonchev–Trinajstić information content (AvgIpc) is 3.02. The summed E-state index contributed by atoms with van der Waals surface area (Å²) < 4.78 is 16.6. The lowest BCUT2D eigenvalue weighted by Crippen LogP contribution is -2.27. The van der Waals surface area contributed by atoms with Crippen molar-refractivity contribution in [1.82, 2.24) is 0 Å². The molecule has 1 atom stereocenters. The monoisotopic (exact) mass is 700 g/mol. The molecule has 0 aliphatic heterocycles. The van der Waals surface area contributed by atoms with Gasteiger partial charge in [0.2, 0.25) is 0 Å². The molecule has 0 spiro atoms. The van der Waals surface area contributed by atoms with Gasteiger partial charge < -0.3 is 19.3 Å². The zero-order valence-electron chi connectivity index (χ0n) is 31.5. The number of thioether (sulfide) groups is 1. The topological polar surface area (TPSA) is 116 Å². The van der Waals surface area contributed by atoms with Crippen LogP contribution in [0.15, 0.2) is 0 Å². The van der Waals surface area contributed by atoms with Crippen molar-refractivity contribution in [2.75, 3.05) is 51.1 Å². The Morgan fingerprint density at radius 3 is 1.40 bits per heavy atom. The minimum atomic E-state index is -0.936. The Labute approximate surface area is 298 Å². The van der Waals surface area contributed by atoms with E-state index < -0.39 is 5.97 Å². The van der Waals surface area contributed by atoms with Crippen molar-refractivity contribution in [3.05, 3.63) is 0 Å². The van der Waals surface area contributed by atoms with Gasteiger partial charge in [-0.25, -0.2) is 0 Å². The number of Topliss-reactive ketones (excluding diaryl/α,β-unsaturated/α-hetero) is 3. The van der Waals surface area contributed by atoms with E-state index in [-0.39, 0.29) is 24.0 Å². The molecule has 0 fully saturated rings. The Morgan fingerprint density at radius 1 is 0.521 bits per heavy atom. The first-order chi connectivity index (χ1) is 22.9. The number of carboxylic acid groups (broad SMARTS) is 1. The molecule has 0 aliphatic carbocycles. The number of carbonyl (C=O) groups is 4. The van der Waals surface area contributed by atoms with E-state index in [2.05, 4.69) is 34.6 Å². The van der Waals surface area contributed by atoms with Crippen LogP contribution in [0.4, 0.5) is 0 Å². The summed E-state index contributed by atoms with van der Waals surface area (Å²) in [6, 6.07) is 0. The molecule has 1 N–H and O–H groups in total. The summed E-state index contributed by atoms with van der Waals surface area (Å²) in [5.41, 5.74) is 0.191. The van der Waals surface area contributed by atoms with Crippen molar-refractivity contribution in [2.45, 2.75) is 157 Å². The Bertz CT molecular complexity index is 823. The second-order valence-corrected chi connectivity index (χ2v) is 15.8. The van der Waals surface area contributed by atoms with E-state index in [0.29, 0.717) is 88.7 Å². The lowest BCUT2D eigenvalue weighted by Gasteiger charge is -2.33. The highest BCUT2D eigenvalue weighted by Gasteiger charge is 2.29. The van der Waals surface area contributed by atoms with Gasteiger partial charge in [-0.15, -0.1) is 0 Å². The minimum Gasteiger partial charge on any atom is -0.481 e. The van der Waals surface area contributed by atoms with Gasteiger partial charge in [0.25, 0.3) is 0 Å². The molecule has 0 amide bonds. The third-order valence-corrected chi connectivity index (χ3v) is 9.86. The molecule has 0 aromatic rings. The number of aliphatic carboxylic acids is 1. The van der Waals surface area contributed by atoms with Gasteiger partial charge in [0.15, 0.2) is 0 Å². The van der Waals surface area contributed by atoms with Crippen molar-refractivity contribution >= 4 is 35.1 Å². The number of hydrogen-bond acceptors (Lipinski definition) is 8. The first-order valence-corrected chi connectivity index (χ1v) is 20.2. The fourth-order valence-electron chi connectivity index (χ4n) is 5.84. The largest absolute Gasteiger partial charge is 0.481 e. The molecule has 1 unspecified atom stereocenters. The molecule has 0 rings (SSSR count). The molecule has 0 aromatic heterocycles. The quantitative estimate of drug-likeness (QED) is 0.0639. The van der Waals surface area contributed by atoms with E-state index in [9.17, 15) is 19.2 Å². The molecule has 48 heavy (non-hydrogen) atoms. The summed E-state index contributed by atoms with van der Waals surface area (Å²) in [7, 11) is 0. The molecule has 0 aromatic carbocycles. The van der Waals surface area contributed by atoms with Crippen LogP contribution in [0.3, 0.4) is 0 Å². The van der Waals surface area contributed by atoms with Crippen molar-refractivity contribution in [3.63, 3.8) is 0 Å². The van der Waals surface area contributed by atoms with Crippen molar-refractivity contribution < 1.29 is 38.5 Å². The van der Waals surface area contributed by atoms with Crippen LogP contribution < -0.4 is 0 Å².